The Balaban J connectivity index is 1.51. The third-order valence-corrected chi connectivity index (χ3v) is 6.66. The van der Waals surface area contributed by atoms with Crippen molar-refractivity contribution in [1.82, 2.24) is 24.6 Å². The van der Waals surface area contributed by atoms with Gasteiger partial charge in [0.15, 0.2) is 0 Å². The standard InChI is InChI=1S/C25H23ClN6S/c1-14-5-10-20(15(2)11-14)22-13-33-25-30-24(31-32(22)25)29-23-21(16(3)27-17(4)28-23)12-18-6-8-19(26)9-7-18/h5-11,13H,12H2,1-4H3,(H,27,28,29,31). The van der Waals surface area contributed by atoms with Gasteiger partial charge < -0.3 is 5.32 Å². The lowest BCUT2D eigenvalue weighted by Gasteiger charge is -2.12. The van der Waals surface area contributed by atoms with Crippen molar-refractivity contribution in [2.24, 2.45) is 0 Å². The highest BCUT2D eigenvalue weighted by atomic mass is 35.5. The van der Waals surface area contributed by atoms with Gasteiger partial charge in [-0.3, -0.25) is 0 Å². The molecule has 0 saturated heterocycles. The maximum atomic E-state index is 6.05. The van der Waals surface area contributed by atoms with Gasteiger partial charge in [-0.2, -0.15) is 4.98 Å². The van der Waals surface area contributed by atoms with Crippen molar-refractivity contribution in [2.45, 2.75) is 34.1 Å². The van der Waals surface area contributed by atoms with Crippen molar-refractivity contribution in [3.63, 3.8) is 0 Å². The summed E-state index contributed by atoms with van der Waals surface area (Å²) in [7, 11) is 0. The lowest BCUT2D eigenvalue weighted by molar-refractivity contribution is 0.952. The maximum Gasteiger partial charge on any atom is 0.249 e. The Morgan fingerprint density at radius 3 is 2.52 bits per heavy atom. The van der Waals surface area contributed by atoms with Gasteiger partial charge in [-0.05, 0) is 51.0 Å². The van der Waals surface area contributed by atoms with Crippen LogP contribution in [0.2, 0.25) is 5.02 Å². The number of aryl methyl sites for hydroxylation is 4. The lowest BCUT2D eigenvalue weighted by Crippen LogP contribution is -2.07. The van der Waals surface area contributed by atoms with Crippen LogP contribution in [0.25, 0.3) is 16.2 Å². The van der Waals surface area contributed by atoms with E-state index in [2.05, 4.69) is 52.7 Å². The normalized spacial score (nSPS) is 11.3. The molecule has 0 aliphatic carbocycles. The first-order valence-electron chi connectivity index (χ1n) is 10.6. The third kappa shape index (κ3) is 4.34. The van der Waals surface area contributed by atoms with E-state index in [1.165, 1.54) is 11.1 Å². The van der Waals surface area contributed by atoms with Crippen LogP contribution in [0, 0.1) is 27.7 Å². The van der Waals surface area contributed by atoms with Gasteiger partial charge in [-0.25, -0.2) is 14.5 Å². The van der Waals surface area contributed by atoms with Crippen LogP contribution < -0.4 is 5.32 Å². The molecule has 3 heterocycles. The van der Waals surface area contributed by atoms with Crippen LogP contribution in [0.1, 0.15) is 33.8 Å². The smallest absolute Gasteiger partial charge is 0.249 e. The summed E-state index contributed by atoms with van der Waals surface area (Å²) in [4.78, 5) is 14.8. The Morgan fingerprint density at radius 1 is 0.970 bits per heavy atom. The van der Waals surface area contributed by atoms with Gasteiger partial charge >= 0.3 is 0 Å². The van der Waals surface area contributed by atoms with E-state index in [-0.39, 0.29) is 0 Å². The maximum absolute atomic E-state index is 6.05. The molecule has 0 amide bonds. The number of fused-ring (bicyclic) bond motifs is 1. The van der Waals surface area contributed by atoms with Crippen LogP contribution in [0.3, 0.4) is 0 Å². The number of hydrogen-bond acceptors (Lipinski definition) is 6. The van der Waals surface area contributed by atoms with Crippen LogP contribution >= 0.6 is 22.9 Å². The zero-order chi connectivity index (χ0) is 23.1. The summed E-state index contributed by atoms with van der Waals surface area (Å²) in [5.74, 6) is 1.94. The fraction of sp³-hybridized carbons (Fsp3) is 0.200. The molecule has 0 bridgehead atoms. The van der Waals surface area contributed by atoms with Gasteiger partial charge in [0.05, 0.1) is 5.69 Å². The first-order chi connectivity index (χ1) is 15.9. The van der Waals surface area contributed by atoms with Gasteiger partial charge in [0.1, 0.15) is 11.6 Å². The van der Waals surface area contributed by atoms with E-state index in [1.807, 2.05) is 42.6 Å². The van der Waals surface area contributed by atoms with Crippen molar-refractivity contribution in [3.8, 4) is 11.3 Å². The van der Waals surface area contributed by atoms with Crippen molar-refractivity contribution in [1.29, 1.82) is 0 Å². The number of nitrogens with one attached hydrogen (secondary N) is 1. The minimum atomic E-state index is 0.516. The van der Waals surface area contributed by atoms with E-state index in [0.29, 0.717) is 18.2 Å². The quantitative estimate of drug-likeness (QED) is 0.316. The highest BCUT2D eigenvalue weighted by Crippen LogP contribution is 2.30. The second-order valence-corrected chi connectivity index (χ2v) is 9.45. The number of thiazole rings is 1. The Hall–Kier alpha value is -3.29. The number of nitrogens with zero attached hydrogens (tertiary/aromatic N) is 5. The van der Waals surface area contributed by atoms with Gasteiger partial charge in [0, 0.05) is 33.6 Å². The summed E-state index contributed by atoms with van der Waals surface area (Å²) in [6.07, 6.45) is 0.682. The number of rotatable bonds is 5. The van der Waals surface area contributed by atoms with Crippen LogP contribution in [0.4, 0.5) is 11.8 Å². The fourth-order valence-electron chi connectivity index (χ4n) is 3.98. The number of aromatic nitrogens is 5. The molecule has 0 radical (unpaired) electrons. The lowest BCUT2D eigenvalue weighted by atomic mass is 10.0. The van der Waals surface area contributed by atoms with Crippen molar-refractivity contribution in [2.75, 3.05) is 5.32 Å². The number of benzene rings is 2. The van der Waals surface area contributed by atoms with Crippen LogP contribution in [0.5, 0.6) is 0 Å². The molecule has 0 saturated carbocycles. The van der Waals surface area contributed by atoms with E-state index < -0.39 is 0 Å². The van der Waals surface area contributed by atoms with Crippen molar-refractivity contribution < 1.29 is 0 Å². The molecule has 0 aliphatic rings. The largest absolute Gasteiger partial charge is 0.307 e. The summed E-state index contributed by atoms with van der Waals surface area (Å²) < 4.78 is 1.89. The molecule has 0 aliphatic heterocycles. The molecule has 8 heteroatoms. The molecular formula is C25H23ClN6S. The first-order valence-corrected chi connectivity index (χ1v) is 11.9. The SMILES string of the molecule is Cc1ccc(-c2csc3nc(Nc4nc(C)nc(C)c4Cc4ccc(Cl)cc4)nn23)c(C)c1. The van der Waals surface area contributed by atoms with E-state index >= 15 is 0 Å². The molecule has 33 heavy (non-hydrogen) atoms. The molecule has 0 atom stereocenters. The van der Waals surface area contributed by atoms with Crippen LogP contribution in [-0.2, 0) is 6.42 Å². The van der Waals surface area contributed by atoms with Gasteiger partial charge in [0.2, 0.25) is 10.9 Å². The molecule has 3 aromatic heterocycles. The van der Waals surface area contributed by atoms with Crippen LogP contribution in [-0.4, -0.2) is 24.6 Å². The average Bonchev–Trinajstić information content (AvgIpc) is 3.32. The average molecular weight is 475 g/mol. The summed E-state index contributed by atoms with van der Waals surface area (Å²) in [6.45, 7) is 8.12. The molecule has 0 fully saturated rings. The highest BCUT2D eigenvalue weighted by molar-refractivity contribution is 7.15. The zero-order valence-electron chi connectivity index (χ0n) is 18.8. The second-order valence-electron chi connectivity index (χ2n) is 8.18. The molecule has 5 aromatic rings. The Labute approximate surface area is 201 Å². The monoisotopic (exact) mass is 474 g/mol. The minimum absolute atomic E-state index is 0.516. The Morgan fingerprint density at radius 2 is 1.76 bits per heavy atom. The van der Waals surface area contributed by atoms with Gasteiger partial charge in [-0.1, -0.05) is 47.5 Å². The molecule has 0 spiro atoms. The third-order valence-electron chi connectivity index (χ3n) is 5.59. The highest BCUT2D eigenvalue weighted by Gasteiger charge is 2.17. The Kier molecular flexibility index (Phi) is 5.60. The second kappa shape index (κ2) is 8.57. The predicted octanol–water partition coefficient (Wildman–Crippen LogP) is 6.47. The molecule has 0 unspecified atom stereocenters. The number of anilines is 2. The van der Waals surface area contributed by atoms with Crippen molar-refractivity contribution in [3.05, 3.63) is 86.6 Å². The van der Waals surface area contributed by atoms with E-state index in [4.69, 9.17) is 21.7 Å². The van der Waals surface area contributed by atoms with Crippen LogP contribution in [0.15, 0.2) is 47.8 Å². The fourth-order valence-corrected chi connectivity index (χ4v) is 4.93. The summed E-state index contributed by atoms with van der Waals surface area (Å²) in [5, 5.41) is 10.9. The number of hydrogen-bond donors (Lipinski definition) is 1. The number of halogens is 1. The minimum Gasteiger partial charge on any atom is -0.307 e. The molecule has 1 N–H and O–H groups in total. The summed E-state index contributed by atoms with van der Waals surface area (Å²) in [5.41, 5.74) is 7.71. The Bertz CT molecular complexity index is 1470. The molecule has 166 valence electrons. The first kappa shape index (κ1) is 21.6. The van der Waals surface area contributed by atoms with E-state index in [0.717, 1.165) is 43.9 Å². The molecule has 2 aromatic carbocycles. The topological polar surface area (TPSA) is 68.0 Å². The summed E-state index contributed by atoms with van der Waals surface area (Å²) in [6, 6.07) is 14.3. The van der Waals surface area contributed by atoms with Crippen molar-refractivity contribution >= 4 is 39.7 Å². The zero-order valence-corrected chi connectivity index (χ0v) is 20.4. The summed E-state index contributed by atoms with van der Waals surface area (Å²) >= 11 is 7.62. The van der Waals surface area contributed by atoms with E-state index in [9.17, 15) is 0 Å². The predicted molar refractivity (Wildman–Crippen MR) is 135 cm³/mol. The molecule has 6 nitrogen and oxygen atoms in total. The van der Waals surface area contributed by atoms with Gasteiger partial charge in [-0.15, -0.1) is 16.4 Å². The van der Waals surface area contributed by atoms with Gasteiger partial charge in [0.25, 0.3) is 0 Å². The molecule has 5 rings (SSSR count). The molecular weight excluding hydrogens is 452 g/mol. The van der Waals surface area contributed by atoms with E-state index in [1.54, 1.807) is 11.3 Å².